The van der Waals surface area contributed by atoms with Crippen LogP contribution in [-0.2, 0) is 0 Å². The summed E-state index contributed by atoms with van der Waals surface area (Å²) in [6, 6.07) is -2.47. The maximum absolute atomic E-state index is 5.79. The average molecular weight is 206 g/mol. The summed E-state index contributed by atoms with van der Waals surface area (Å²) < 4.78 is 0. The van der Waals surface area contributed by atoms with Crippen LogP contribution in [0.15, 0.2) is 0 Å². The molecule has 0 saturated heterocycles. The molecule has 0 nitrogen and oxygen atoms in total. The smallest absolute Gasteiger partial charge is 0.125 e. The largest absolute Gasteiger partial charge is 0.346 e. The molecular formula is C5H11Cl3Si. The molecule has 9 heavy (non-hydrogen) atoms. The van der Waals surface area contributed by atoms with Crippen molar-refractivity contribution >= 4 is 39.2 Å². The van der Waals surface area contributed by atoms with Gasteiger partial charge in [-0.05, 0) is 5.04 Å². The summed E-state index contributed by atoms with van der Waals surface area (Å²) in [7, 11) is 0. The van der Waals surface area contributed by atoms with Crippen LogP contribution >= 0.6 is 33.2 Å². The van der Waals surface area contributed by atoms with Crippen molar-refractivity contribution in [2.45, 2.75) is 32.2 Å². The first kappa shape index (κ1) is 10.1. The van der Waals surface area contributed by atoms with Crippen LogP contribution in [0, 0.1) is 0 Å². The van der Waals surface area contributed by atoms with Gasteiger partial charge >= 0.3 is 6.00 Å². The molecule has 4 heteroatoms. The Bertz CT molecular complexity index is 94.9. The van der Waals surface area contributed by atoms with E-state index in [4.69, 9.17) is 33.2 Å². The highest BCUT2D eigenvalue weighted by Gasteiger charge is 2.42. The minimum atomic E-state index is -2.47. The zero-order chi connectivity index (χ0) is 7.71. The standard InChI is InChI=1S/C5H11Cl3Si/c1-4-5(2,3)9(6,7)8/h4H2,1-3H3. The van der Waals surface area contributed by atoms with Crippen LogP contribution in [0.1, 0.15) is 27.2 Å². The zero-order valence-electron chi connectivity index (χ0n) is 5.84. The summed E-state index contributed by atoms with van der Waals surface area (Å²) in [5.74, 6) is 0. The SMILES string of the molecule is CCC(C)(C)[Si](Cl)(Cl)Cl. The molecule has 0 fully saturated rings. The van der Waals surface area contributed by atoms with Crippen molar-refractivity contribution in [3.8, 4) is 0 Å². The summed E-state index contributed by atoms with van der Waals surface area (Å²) in [5.41, 5.74) is 0. The number of halogens is 3. The molecular weight excluding hydrogens is 194 g/mol. The number of hydrogen-bond acceptors (Lipinski definition) is 0. The van der Waals surface area contributed by atoms with E-state index < -0.39 is 6.00 Å². The predicted molar refractivity (Wildman–Crippen MR) is 47.6 cm³/mol. The molecule has 0 heterocycles. The van der Waals surface area contributed by atoms with Crippen molar-refractivity contribution in [2.24, 2.45) is 0 Å². The molecule has 0 radical (unpaired) electrons. The molecule has 0 aliphatic rings. The quantitative estimate of drug-likeness (QED) is 0.475. The lowest BCUT2D eigenvalue weighted by atomic mass is 10.1. The van der Waals surface area contributed by atoms with Crippen LogP contribution in [0.3, 0.4) is 0 Å². The van der Waals surface area contributed by atoms with Gasteiger partial charge in [0, 0.05) is 0 Å². The summed E-state index contributed by atoms with van der Waals surface area (Å²) in [6.07, 6.45) is 0.926. The van der Waals surface area contributed by atoms with Gasteiger partial charge in [-0.25, -0.2) is 0 Å². The van der Waals surface area contributed by atoms with Crippen LogP contribution in [-0.4, -0.2) is 6.00 Å². The van der Waals surface area contributed by atoms with Gasteiger partial charge in [0.05, 0.1) is 0 Å². The molecule has 0 N–H and O–H groups in total. The lowest BCUT2D eigenvalue weighted by Gasteiger charge is -2.28. The highest BCUT2D eigenvalue weighted by Crippen LogP contribution is 2.47. The second kappa shape index (κ2) is 2.99. The zero-order valence-corrected chi connectivity index (χ0v) is 9.11. The Labute approximate surface area is 71.6 Å². The van der Waals surface area contributed by atoms with Crippen LogP contribution in [0.2, 0.25) is 5.04 Å². The Hall–Kier alpha value is 1.09. The second-order valence-corrected chi connectivity index (χ2v) is 11.9. The van der Waals surface area contributed by atoms with Crippen LogP contribution in [0.4, 0.5) is 0 Å². The fourth-order valence-corrected chi connectivity index (χ4v) is 1.80. The van der Waals surface area contributed by atoms with E-state index in [1.54, 1.807) is 0 Å². The van der Waals surface area contributed by atoms with Crippen molar-refractivity contribution < 1.29 is 0 Å². The second-order valence-electron chi connectivity index (χ2n) is 2.74. The van der Waals surface area contributed by atoms with Gasteiger partial charge in [-0.3, -0.25) is 0 Å². The van der Waals surface area contributed by atoms with Gasteiger partial charge in [-0.15, -0.1) is 33.2 Å². The summed E-state index contributed by atoms with van der Waals surface area (Å²) in [5, 5.41) is -0.0856. The van der Waals surface area contributed by atoms with E-state index in [0.29, 0.717) is 0 Å². The fraction of sp³-hybridized carbons (Fsp3) is 1.00. The fourth-order valence-electron chi connectivity index (χ4n) is 0.200. The van der Waals surface area contributed by atoms with Gasteiger partial charge in [0.2, 0.25) is 0 Å². The normalized spacial score (nSPS) is 14.0. The summed E-state index contributed by atoms with van der Waals surface area (Å²) >= 11 is 17.4. The van der Waals surface area contributed by atoms with Crippen molar-refractivity contribution in [1.29, 1.82) is 0 Å². The van der Waals surface area contributed by atoms with E-state index in [2.05, 4.69) is 0 Å². The van der Waals surface area contributed by atoms with Gasteiger partial charge in [0.1, 0.15) is 0 Å². The van der Waals surface area contributed by atoms with E-state index in [9.17, 15) is 0 Å². The molecule has 0 rings (SSSR count). The van der Waals surface area contributed by atoms with Crippen molar-refractivity contribution in [3.63, 3.8) is 0 Å². The van der Waals surface area contributed by atoms with Gasteiger partial charge in [0.15, 0.2) is 0 Å². The third-order valence-electron chi connectivity index (χ3n) is 1.65. The Morgan fingerprint density at radius 2 is 1.56 bits per heavy atom. The lowest BCUT2D eigenvalue weighted by Crippen LogP contribution is -2.26. The first-order valence-corrected chi connectivity index (χ1v) is 7.91. The molecule has 0 bridgehead atoms. The third kappa shape index (κ3) is 2.66. The maximum atomic E-state index is 5.79. The molecule has 0 aliphatic carbocycles. The van der Waals surface area contributed by atoms with Crippen molar-refractivity contribution in [2.75, 3.05) is 0 Å². The van der Waals surface area contributed by atoms with Gasteiger partial charge < -0.3 is 0 Å². The molecule has 0 aromatic carbocycles. The van der Waals surface area contributed by atoms with Gasteiger partial charge in [0.25, 0.3) is 0 Å². The van der Waals surface area contributed by atoms with E-state index in [0.717, 1.165) is 6.42 Å². The lowest BCUT2D eigenvalue weighted by molar-refractivity contribution is 0.643. The summed E-state index contributed by atoms with van der Waals surface area (Å²) in [6.45, 7) is 6.02. The monoisotopic (exact) mass is 204 g/mol. The highest BCUT2D eigenvalue weighted by molar-refractivity contribution is 7.65. The minimum absolute atomic E-state index is 0.0856. The molecule has 56 valence electrons. The van der Waals surface area contributed by atoms with E-state index >= 15 is 0 Å². The first-order valence-electron chi connectivity index (χ1n) is 2.88. The Balaban J connectivity index is 4.14. The van der Waals surface area contributed by atoms with Crippen molar-refractivity contribution in [1.82, 2.24) is 0 Å². The van der Waals surface area contributed by atoms with E-state index in [-0.39, 0.29) is 5.04 Å². The van der Waals surface area contributed by atoms with Crippen LogP contribution in [0.5, 0.6) is 0 Å². The molecule has 0 atom stereocenters. The van der Waals surface area contributed by atoms with Crippen molar-refractivity contribution in [3.05, 3.63) is 0 Å². The topological polar surface area (TPSA) is 0 Å². The van der Waals surface area contributed by atoms with Crippen LogP contribution in [0.25, 0.3) is 0 Å². The van der Waals surface area contributed by atoms with Gasteiger partial charge in [-0.2, -0.15) is 0 Å². The number of hydrogen-bond donors (Lipinski definition) is 0. The molecule has 0 aromatic rings. The van der Waals surface area contributed by atoms with Crippen LogP contribution < -0.4 is 0 Å². The molecule has 0 saturated carbocycles. The summed E-state index contributed by atoms with van der Waals surface area (Å²) in [4.78, 5) is 0. The third-order valence-corrected chi connectivity index (χ3v) is 8.14. The predicted octanol–water partition coefficient (Wildman–Crippen LogP) is 3.83. The number of rotatable bonds is 2. The molecule has 0 aliphatic heterocycles. The highest BCUT2D eigenvalue weighted by atomic mass is 35.8. The average Bonchev–Trinajstić information content (AvgIpc) is 1.64. The Kier molecular flexibility index (Phi) is 3.36. The first-order chi connectivity index (χ1) is 3.81. The molecule has 0 aromatic heterocycles. The Morgan fingerprint density at radius 1 is 1.22 bits per heavy atom. The van der Waals surface area contributed by atoms with E-state index in [1.165, 1.54) is 0 Å². The Morgan fingerprint density at radius 3 is 1.56 bits per heavy atom. The molecule has 0 unspecified atom stereocenters. The van der Waals surface area contributed by atoms with Gasteiger partial charge in [-0.1, -0.05) is 27.2 Å². The molecule has 0 amide bonds. The maximum Gasteiger partial charge on any atom is 0.346 e. The van der Waals surface area contributed by atoms with E-state index in [1.807, 2.05) is 20.8 Å². The minimum Gasteiger partial charge on any atom is -0.125 e. The molecule has 0 spiro atoms.